The maximum atomic E-state index is 12.4. The lowest BCUT2D eigenvalue weighted by Gasteiger charge is -2.28. The molecule has 0 radical (unpaired) electrons. The van der Waals surface area contributed by atoms with Gasteiger partial charge in [-0.15, -0.1) is 24.8 Å². The number of ketones is 2. The van der Waals surface area contributed by atoms with Crippen LogP contribution in [0.2, 0.25) is 0 Å². The zero-order valence-electron chi connectivity index (χ0n) is 13.2. The van der Waals surface area contributed by atoms with Gasteiger partial charge in [0.1, 0.15) is 5.78 Å². The van der Waals surface area contributed by atoms with Crippen LogP contribution in [0.3, 0.4) is 0 Å². The Morgan fingerprint density at radius 1 is 1.25 bits per heavy atom. The summed E-state index contributed by atoms with van der Waals surface area (Å²) in [5.41, 5.74) is 1.25. The van der Waals surface area contributed by atoms with Crippen LogP contribution in [0.15, 0.2) is 29.3 Å². The molecule has 3 atom stereocenters. The molecule has 0 bridgehead atoms. The van der Waals surface area contributed by atoms with E-state index in [4.69, 9.17) is 0 Å². The van der Waals surface area contributed by atoms with Crippen molar-refractivity contribution in [1.29, 1.82) is 0 Å². The van der Waals surface area contributed by atoms with E-state index in [-0.39, 0.29) is 55.3 Å². The van der Waals surface area contributed by atoms with E-state index in [0.717, 1.165) is 19.4 Å². The molecule has 2 aliphatic heterocycles. The number of aliphatic hydroxyl groups excluding tert-OH is 1. The number of piperidine rings is 1. The lowest BCUT2D eigenvalue weighted by Crippen LogP contribution is -2.46. The molecular weight excluding hydrogens is 351 g/mol. The first-order valence-corrected chi connectivity index (χ1v) is 7.76. The van der Waals surface area contributed by atoms with Crippen molar-refractivity contribution in [2.45, 2.75) is 37.8 Å². The van der Waals surface area contributed by atoms with Gasteiger partial charge >= 0.3 is 0 Å². The highest BCUT2D eigenvalue weighted by Crippen LogP contribution is 2.27. The zero-order valence-corrected chi connectivity index (χ0v) is 14.8. The van der Waals surface area contributed by atoms with Crippen molar-refractivity contribution in [3.8, 4) is 0 Å². The number of carbonyl (C=O) groups excluding carboxylic acids is 2. The molecule has 2 aliphatic rings. The van der Waals surface area contributed by atoms with Crippen molar-refractivity contribution in [3.63, 3.8) is 0 Å². The van der Waals surface area contributed by atoms with Gasteiger partial charge in [-0.05, 0) is 31.5 Å². The van der Waals surface area contributed by atoms with E-state index in [2.05, 4.69) is 10.3 Å². The Morgan fingerprint density at radius 3 is 2.75 bits per heavy atom. The summed E-state index contributed by atoms with van der Waals surface area (Å²) in [5, 5.41) is 13.1. The fraction of sp³-hybridized carbons (Fsp3) is 0.471. The summed E-state index contributed by atoms with van der Waals surface area (Å²) in [6, 6.07) is 7.00. The van der Waals surface area contributed by atoms with E-state index < -0.39 is 12.0 Å². The van der Waals surface area contributed by atoms with Gasteiger partial charge in [0.15, 0.2) is 5.78 Å². The summed E-state index contributed by atoms with van der Waals surface area (Å²) in [6.07, 6.45) is 3.17. The summed E-state index contributed by atoms with van der Waals surface area (Å²) >= 11 is 0. The van der Waals surface area contributed by atoms with Gasteiger partial charge in [0.05, 0.1) is 17.7 Å². The lowest BCUT2D eigenvalue weighted by atomic mass is 9.88. The second-order valence-corrected chi connectivity index (χ2v) is 5.98. The van der Waals surface area contributed by atoms with E-state index in [9.17, 15) is 14.7 Å². The predicted octanol–water partition coefficient (Wildman–Crippen LogP) is 2.51. The fourth-order valence-corrected chi connectivity index (χ4v) is 3.10. The van der Waals surface area contributed by atoms with E-state index in [0.29, 0.717) is 11.3 Å². The van der Waals surface area contributed by atoms with Crippen LogP contribution < -0.4 is 5.32 Å². The molecule has 132 valence electrons. The average molecular weight is 373 g/mol. The molecule has 1 aromatic rings. The molecule has 0 spiro atoms. The number of aliphatic imine (C=N–C) groups is 1. The number of carbonyl (C=O) groups is 2. The Balaban J connectivity index is 0.00000144. The number of aliphatic hydroxyl groups is 1. The molecule has 0 saturated carbocycles. The SMILES string of the molecule is Cl.Cl.O=C(CC1C=Nc2ccccc2C1=O)C[C@H]1NCCC[C@@H]1O. The van der Waals surface area contributed by atoms with Gasteiger partial charge < -0.3 is 10.4 Å². The highest BCUT2D eigenvalue weighted by Gasteiger charge is 2.29. The number of fused-ring (bicyclic) bond motifs is 1. The second-order valence-electron chi connectivity index (χ2n) is 5.98. The molecule has 24 heavy (non-hydrogen) atoms. The molecule has 5 nitrogen and oxygen atoms in total. The number of nitrogens with zero attached hydrogens (tertiary/aromatic N) is 1. The molecule has 7 heteroatoms. The Bertz CT molecular complexity index is 622. The van der Waals surface area contributed by atoms with Gasteiger partial charge in [0, 0.05) is 30.7 Å². The summed E-state index contributed by atoms with van der Waals surface area (Å²) in [7, 11) is 0. The Kier molecular flexibility index (Phi) is 8.03. The molecule has 1 saturated heterocycles. The van der Waals surface area contributed by atoms with Crippen LogP contribution in [0.25, 0.3) is 0 Å². The fourth-order valence-electron chi connectivity index (χ4n) is 3.10. The minimum Gasteiger partial charge on any atom is -0.391 e. The van der Waals surface area contributed by atoms with E-state index in [1.54, 1.807) is 24.4 Å². The average Bonchev–Trinajstić information content (AvgIpc) is 2.53. The van der Waals surface area contributed by atoms with Gasteiger partial charge in [-0.3, -0.25) is 14.6 Å². The minimum atomic E-state index is -0.483. The van der Waals surface area contributed by atoms with Gasteiger partial charge in [-0.2, -0.15) is 0 Å². The molecule has 2 heterocycles. The lowest BCUT2D eigenvalue weighted by molar-refractivity contribution is -0.120. The molecule has 0 aliphatic carbocycles. The third-order valence-corrected chi connectivity index (χ3v) is 4.34. The number of benzene rings is 1. The number of rotatable bonds is 4. The molecular formula is C17H22Cl2N2O3. The third-order valence-electron chi connectivity index (χ3n) is 4.34. The summed E-state index contributed by atoms with van der Waals surface area (Å²) < 4.78 is 0. The van der Waals surface area contributed by atoms with Crippen LogP contribution >= 0.6 is 24.8 Å². The second kappa shape index (κ2) is 9.28. The van der Waals surface area contributed by atoms with Crippen molar-refractivity contribution in [2.75, 3.05) is 6.54 Å². The van der Waals surface area contributed by atoms with Crippen LogP contribution in [0, 0.1) is 5.92 Å². The smallest absolute Gasteiger partial charge is 0.173 e. The maximum Gasteiger partial charge on any atom is 0.173 e. The highest BCUT2D eigenvalue weighted by atomic mass is 35.5. The van der Waals surface area contributed by atoms with E-state index in [1.165, 1.54) is 0 Å². The molecule has 0 aromatic heterocycles. The first-order chi connectivity index (χ1) is 10.6. The first kappa shape index (κ1) is 20.8. The monoisotopic (exact) mass is 372 g/mol. The van der Waals surface area contributed by atoms with Crippen molar-refractivity contribution in [3.05, 3.63) is 29.8 Å². The normalized spacial score (nSPS) is 25.2. The molecule has 1 aromatic carbocycles. The zero-order chi connectivity index (χ0) is 15.5. The topological polar surface area (TPSA) is 78.8 Å². The minimum absolute atomic E-state index is 0. The predicted molar refractivity (Wildman–Crippen MR) is 98.2 cm³/mol. The van der Waals surface area contributed by atoms with E-state index in [1.807, 2.05) is 6.07 Å². The molecule has 0 amide bonds. The van der Waals surface area contributed by atoms with Crippen LogP contribution in [0.4, 0.5) is 5.69 Å². The Morgan fingerprint density at radius 2 is 2.00 bits per heavy atom. The van der Waals surface area contributed by atoms with Crippen molar-refractivity contribution < 1.29 is 14.7 Å². The molecule has 2 N–H and O–H groups in total. The van der Waals surface area contributed by atoms with Crippen molar-refractivity contribution in [1.82, 2.24) is 5.32 Å². The highest BCUT2D eigenvalue weighted by molar-refractivity contribution is 6.13. The maximum absolute atomic E-state index is 12.4. The largest absolute Gasteiger partial charge is 0.391 e. The Labute approximate surface area is 153 Å². The number of nitrogens with one attached hydrogen (secondary N) is 1. The summed E-state index contributed by atoms with van der Waals surface area (Å²) in [6.45, 7) is 0.826. The quantitative estimate of drug-likeness (QED) is 0.850. The first-order valence-electron chi connectivity index (χ1n) is 7.76. The van der Waals surface area contributed by atoms with Crippen molar-refractivity contribution >= 4 is 48.3 Å². The molecule has 3 rings (SSSR count). The number of halogens is 2. The number of hydrogen-bond acceptors (Lipinski definition) is 5. The van der Waals surface area contributed by atoms with Gasteiger partial charge in [0.25, 0.3) is 0 Å². The molecule has 1 fully saturated rings. The number of hydrogen-bond donors (Lipinski definition) is 2. The van der Waals surface area contributed by atoms with Gasteiger partial charge in [-0.25, -0.2) is 0 Å². The number of Topliss-reactive ketones (excluding diaryl/α,β-unsaturated/α-hetero) is 2. The van der Waals surface area contributed by atoms with Crippen molar-refractivity contribution in [2.24, 2.45) is 10.9 Å². The third kappa shape index (κ3) is 4.63. The van der Waals surface area contributed by atoms with Crippen LogP contribution in [-0.4, -0.2) is 41.6 Å². The van der Waals surface area contributed by atoms with Crippen LogP contribution in [0.1, 0.15) is 36.0 Å². The number of para-hydroxylation sites is 1. The molecule has 1 unspecified atom stereocenters. The van der Waals surface area contributed by atoms with Crippen LogP contribution in [-0.2, 0) is 4.79 Å². The van der Waals surface area contributed by atoms with Gasteiger partial charge in [0.2, 0.25) is 0 Å². The standard InChI is InChI=1S/C17H20N2O3.2ClH/c20-12(9-15-16(21)6-3-7-18-15)8-11-10-19-14-5-2-1-4-13(14)17(11)22;;/h1-2,4-5,10-11,15-16,18,21H,3,6-9H2;2*1H/t11?,15-,16+;;/m1../s1. The summed E-state index contributed by atoms with van der Waals surface area (Å²) in [4.78, 5) is 28.9. The summed E-state index contributed by atoms with van der Waals surface area (Å²) in [5.74, 6) is -0.540. The van der Waals surface area contributed by atoms with Crippen LogP contribution in [0.5, 0.6) is 0 Å². The van der Waals surface area contributed by atoms with Gasteiger partial charge in [-0.1, -0.05) is 12.1 Å². The van der Waals surface area contributed by atoms with E-state index >= 15 is 0 Å². The Hall–Kier alpha value is -1.27.